The van der Waals surface area contributed by atoms with E-state index in [-0.39, 0.29) is 11.8 Å². The van der Waals surface area contributed by atoms with E-state index in [1.165, 1.54) is 0 Å². The van der Waals surface area contributed by atoms with Crippen molar-refractivity contribution in [1.29, 1.82) is 0 Å². The number of aromatic hydroxyl groups is 1. The molecule has 2 rings (SSSR count). The van der Waals surface area contributed by atoms with Crippen LogP contribution in [0.1, 0.15) is 30.5 Å². The summed E-state index contributed by atoms with van der Waals surface area (Å²) in [6.45, 7) is 2.71. The third-order valence-corrected chi connectivity index (χ3v) is 2.68. The monoisotopic (exact) mass is 193 g/mol. The number of phenolic OH excluding ortho intramolecular Hbond substituents is 1. The molecule has 3 N–H and O–H groups in total. The van der Waals surface area contributed by atoms with Crippen LogP contribution in [0.2, 0.25) is 0 Å². The molecule has 1 aromatic carbocycles. The van der Waals surface area contributed by atoms with Gasteiger partial charge in [0.05, 0.1) is 12.2 Å². The Morgan fingerprint density at radius 1 is 1.57 bits per heavy atom. The molecule has 1 aromatic rings. The lowest BCUT2D eigenvalue weighted by molar-refractivity contribution is 0.261. The number of hydrogen-bond donors (Lipinski definition) is 2. The van der Waals surface area contributed by atoms with Crippen molar-refractivity contribution in [2.75, 3.05) is 6.61 Å². The fourth-order valence-corrected chi connectivity index (χ4v) is 1.87. The van der Waals surface area contributed by atoms with Crippen molar-refractivity contribution >= 4 is 0 Å². The van der Waals surface area contributed by atoms with Crippen LogP contribution in [-0.4, -0.2) is 11.7 Å². The first-order valence-electron chi connectivity index (χ1n) is 4.97. The molecule has 0 bridgehead atoms. The summed E-state index contributed by atoms with van der Waals surface area (Å²) in [4.78, 5) is 0. The predicted octanol–water partition coefficient (Wildman–Crippen LogP) is 1.74. The van der Waals surface area contributed by atoms with E-state index in [1.54, 1.807) is 6.07 Å². The summed E-state index contributed by atoms with van der Waals surface area (Å²) in [5.74, 6) is 1.05. The van der Waals surface area contributed by atoms with Crippen LogP contribution in [0.3, 0.4) is 0 Å². The smallest absolute Gasteiger partial charge is 0.130 e. The zero-order valence-electron chi connectivity index (χ0n) is 8.29. The third kappa shape index (κ3) is 1.34. The summed E-state index contributed by atoms with van der Waals surface area (Å²) in [7, 11) is 0. The van der Waals surface area contributed by atoms with E-state index in [9.17, 15) is 5.11 Å². The van der Waals surface area contributed by atoms with E-state index >= 15 is 0 Å². The molecule has 0 aromatic heterocycles. The molecular weight excluding hydrogens is 178 g/mol. The van der Waals surface area contributed by atoms with Gasteiger partial charge in [-0.25, -0.2) is 0 Å². The van der Waals surface area contributed by atoms with Crippen LogP contribution < -0.4 is 10.5 Å². The summed E-state index contributed by atoms with van der Waals surface area (Å²) in [5.41, 5.74) is 7.82. The minimum Gasteiger partial charge on any atom is -0.507 e. The van der Waals surface area contributed by atoms with Crippen LogP contribution in [0.5, 0.6) is 11.5 Å². The van der Waals surface area contributed by atoms with Gasteiger partial charge in [0.15, 0.2) is 0 Å². The third-order valence-electron chi connectivity index (χ3n) is 2.68. The van der Waals surface area contributed by atoms with Crippen molar-refractivity contribution in [3.63, 3.8) is 0 Å². The number of aryl methyl sites for hydroxylation is 1. The molecule has 0 spiro atoms. The fourth-order valence-electron chi connectivity index (χ4n) is 1.87. The average Bonchev–Trinajstić information content (AvgIpc) is 2.18. The molecular formula is C11H15NO2. The number of ether oxygens (including phenoxy) is 1. The summed E-state index contributed by atoms with van der Waals surface area (Å²) < 4.78 is 5.56. The van der Waals surface area contributed by atoms with Crippen molar-refractivity contribution in [2.45, 2.75) is 25.8 Å². The van der Waals surface area contributed by atoms with Gasteiger partial charge in [-0.15, -0.1) is 0 Å². The number of hydrogen-bond acceptors (Lipinski definition) is 3. The second-order valence-corrected chi connectivity index (χ2v) is 3.58. The predicted molar refractivity (Wildman–Crippen MR) is 54.5 cm³/mol. The van der Waals surface area contributed by atoms with Crippen molar-refractivity contribution in [2.24, 2.45) is 5.73 Å². The zero-order chi connectivity index (χ0) is 10.1. The Morgan fingerprint density at radius 2 is 2.36 bits per heavy atom. The number of fused-ring (bicyclic) bond motifs is 1. The zero-order valence-corrected chi connectivity index (χ0v) is 8.29. The van der Waals surface area contributed by atoms with Crippen molar-refractivity contribution < 1.29 is 9.84 Å². The Balaban J connectivity index is 2.57. The standard InChI is InChI=1S/C11H15NO2/c1-2-7-3-4-9(13)10-8(12)5-6-14-11(7)10/h3-4,8,13H,2,5-6,12H2,1H3/t8-/m0/s1. The van der Waals surface area contributed by atoms with Crippen molar-refractivity contribution in [3.05, 3.63) is 23.3 Å². The Morgan fingerprint density at radius 3 is 3.07 bits per heavy atom. The second kappa shape index (κ2) is 3.50. The Labute approximate surface area is 83.5 Å². The minimum atomic E-state index is -0.0924. The summed E-state index contributed by atoms with van der Waals surface area (Å²) in [6.07, 6.45) is 1.67. The minimum absolute atomic E-state index is 0.0924. The van der Waals surface area contributed by atoms with Gasteiger partial charge in [0.1, 0.15) is 11.5 Å². The van der Waals surface area contributed by atoms with E-state index in [1.807, 2.05) is 6.07 Å². The van der Waals surface area contributed by atoms with Gasteiger partial charge in [0.25, 0.3) is 0 Å². The molecule has 0 radical (unpaired) electrons. The van der Waals surface area contributed by atoms with Crippen LogP contribution in [0.4, 0.5) is 0 Å². The van der Waals surface area contributed by atoms with E-state index in [0.29, 0.717) is 6.61 Å². The van der Waals surface area contributed by atoms with E-state index in [0.717, 1.165) is 29.7 Å². The number of benzene rings is 1. The lowest BCUT2D eigenvalue weighted by Crippen LogP contribution is -2.21. The largest absolute Gasteiger partial charge is 0.507 e. The molecule has 0 saturated heterocycles. The first kappa shape index (κ1) is 9.34. The maximum atomic E-state index is 9.69. The highest BCUT2D eigenvalue weighted by Gasteiger charge is 2.23. The molecule has 1 atom stereocenters. The second-order valence-electron chi connectivity index (χ2n) is 3.58. The van der Waals surface area contributed by atoms with E-state index in [4.69, 9.17) is 10.5 Å². The Hall–Kier alpha value is -1.22. The molecule has 0 saturated carbocycles. The molecule has 1 heterocycles. The van der Waals surface area contributed by atoms with Crippen LogP contribution in [0.25, 0.3) is 0 Å². The maximum absolute atomic E-state index is 9.69. The summed E-state index contributed by atoms with van der Waals surface area (Å²) in [6, 6.07) is 3.50. The first-order chi connectivity index (χ1) is 6.74. The normalized spacial score (nSPS) is 20.0. The lowest BCUT2D eigenvalue weighted by Gasteiger charge is -2.25. The van der Waals surface area contributed by atoms with Gasteiger partial charge in [-0.1, -0.05) is 13.0 Å². The van der Waals surface area contributed by atoms with Crippen LogP contribution >= 0.6 is 0 Å². The van der Waals surface area contributed by atoms with Crippen molar-refractivity contribution in [3.8, 4) is 11.5 Å². The van der Waals surface area contributed by atoms with Gasteiger partial charge in [-0.2, -0.15) is 0 Å². The average molecular weight is 193 g/mol. The molecule has 3 heteroatoms. The molecule has 3 nitrogen and oxygen atoms in total. The highest BCUT2D eigenvalue weighted by Crippen LogP contribution is 2.39. The summed E-state index contributed by atoms with van der Waals surface area (Å²) in [5, 5.41) is 9.69. The Bertz CT molecular complexity index is 349. The highest BCUT2D eigenvalue weighted by atomic mass is 16.5. The first-order valence-corrected chi connectivity index (χ1v) is 4.97. The highest BCUT2D eigenvalue weighted by molar-refractivity contribution is 5.52. The SMILES string of the molecule is CCc1ccc(O)c2c1OCC[C@@H]2N. The fraction of sp³-hybridized carbons (Fsp3) is 0.455. The van der Waals surface area contributed by atoms with Gasteiger partial charge in [0.2, 0.25) is 0 Å². The van der Waals surface area contributed by atoms with Crippen LogP contribution in [0.15, 0.2) is 12.1 Å². The summed E-state index contributed by atoms with van der Waals surface area (Å²) >= 11 is 0. The molecule has 0 amide bonds. The number of phenols is 1. The quantitative estimate of drug-likeness (QED) is 0.714. The van der Waals surface area contributed by atoms with E-state index in [2.05, 4.69) is 6.92 Å². The van der Waals surface area contributed by atoms with Crippen molar-refractivity contribution in [1.82, 2.24) is 0 Å². The number of nitrogens with two attached hydrogens (primary N) is 1. The molecule has 14 heavy (non-hydrogen) atoms. The number of rotatable bonds is 1. The molecule has 0 fully saturated rings. The van der Waals surface area contributed by atoms with Crippen LogP contribution in [0, 0.1) is 0 Å². The molecule has 1 aliphatic heterocycles. The van der Waals surface area contributed by atoms with Crippen LogP contribution in [-0.2, 0) is 6.42 Å². The van der Waals surface area contributed by atoms with Gasteiger partial charge in [-0.05, 0) is 18.1 Å². The van der Waals surface area contributed by atoms with Gasteiger partial charge in [0, 0.05) is 12.5 Å². The molecule has 1 aliphatic rings. The van der Waals surface area contributed by atoms with E-state index < -0.39 is 0 Å². The van der Waals surface area contributed by atoms with Gasteiger partial charge >= 0.3 is 0 Å². The lowest BCUT2D eigenvalue weighted by atomic mass is 9.96. The molecule has 76 valence electrons. The maximum Gasteiger partial charge on any atom is 0.130 e. The topological polar surface area (TPSA) is 55.5 Å². The van der Waals surface area contributed by atoms with Gasteiger partial charge in [-0.3, -0.25) is 0 Å². The Kier molecular flexibility index (Phi) is 2.33. The van der Waals surface area contributed by atoms with Gasteiger partial charge < -0.3 is 15.6 Å². The molecule has 0 unspecified atom stereocenters. The molecule has 0 aliphatic carbocycles.